The smallest absolute Gasteiger partial charge is 0.254 e. The van der Waals surface area contributed by atoms with E-state index in [0.717, 1.165) is 36.2 Å². The van der Waals surface area contributed by atoms with Crippen LogP contribution in [-0.2, 0) is 11.3 Å². The molecule has 0 radical (unpaired) electrons. The number of carbonyl (C=O) groups excluding carboxylic acids is 1. The van der Waals surface area contributed by atoms with Crippen LogP contribution in [0.5, 0.6) is 17.2 Å². The zero-order chi connectivity index (χ0) is 24.9. The van der Waals surface area contributed by atoms with E-state index >= 15 is 0 Å². The van der Waals surface area contributed by atoms with E-state index in [1.807, 2.05) is 60.3 Å². The van der Waals surface area contributed by atoms with Gasteiger partial charge in [0.1, 0.15) is 28.6 Å². The topological polar surface area (TPSA) is 73.4 Å². The van der Waals surface area contributed by atoms with Gasteiger partial charge >= 0.3 is 0 Å². The molecule has 1 saturated heterocycles. The molecule has 1 atom stereocenters. The van der Waals surface area contributed by atoms with Gasteiger partial charge in [-0.25, -0.2) is 4.98 Å². The van der Waals surface area contributed by atoms with Gasteiger partial charge in [-0.05, 0) is 49.2 Å². The molecule has 3 aromatic rings. The van der Waals surface area contributed by atoms with Crippen molar-refractivity contribution < 1.29 is 23.7 Å². The minimum atomic E-state index is -0.0817. The van der Waals surface area contributed by atoms with Crippen LogP contribution in [0.25, 0.3) is 10.9 Å². The van der Waals surface area contributed by atoms with Crippen LogP contribution in [0.3, 0.4) is 0 Å². The number of nitrogens with zero attached hydrogens (tertiary/aromatic N) is 3. The van der Waals surface area contributed by atoms with Crippen molar-refractivity contribution in [3.8, 4) is 17.2 Å². The van der Waals surface area contributed by atoms with Crippen LogP contribution in [0, 0.1) is 0 Å². The lowest BCUT2D eigenvalue weighted by Crippen LogP contribution is -2.37. The zero-order valence-corrected chi connectivity index (χ0v) is 21.0. The van der Waals surface area contributed by atoms with Gasteiger partial charge < -0.3 is 28.7 Å². The number of hydrogen-bond acceptors (Lipinski definition) is 7. The van der Waals surface area contributed by atoms with Crippen molar-refractivity contribution in [2.75, 3.05) is 53.5 Å². The number of carbonyl (C=O) groups is 1. The Balaban J connectivity index is 1.78. The minimum absolute atomic E-state index is 0.00964. The molecule has 0 aliphatic carbocycles. The summed E-state index contributed by atoms with van der Waals surface area (Å²) >= 11 is 0. The Bertz CT molecular complexity index is 1190. The molecule has 186 valence electrons. The zero-order valence-electron chi connectivity index (χ0n) is 21.0. The second-order valence-corrected chi connectivity index (χ2v) is 8.78. The second kappa shape index (κ2) is 10.8. The molecule has 1 fully saturated rings. The third kappa shape index (κ3) is 5.27. The van der Waals surface area contributed by atoms with Gasteiger partial charge in [-0.3, -0.25) is 4.79 Å². The largest absolute Gasteiger partial charge is 0.497 e. The maximum absolute atomic E-state index is 13.7. The summed E-state index contributed by atoms with van der Waals surface area (Å²) in [6.45, 7) is 1.59. The Hall–Kier alpha value is -3.52. The van der Waals surface area contributed by atoms with Gasteiger partial charge in [0.15, 0.2) is 0 Å². The summed E-state index contributed by atoms with van der Waals surface area (Å²) in [5.74, 6) is 2.69. The first-order valence-corrected chi connectivity index (χ1v) is 11.7. The molecule has 1 aliphatic rings. The summed E-state index contributed by atoms with van der Waals surface area (Å²) in [4.78, 5) is 22.4. The molecule has 1 amide bonds. The molecule has 1 aliphatic heterocycles. The van der Waals surface area contributed by atoms with Gasteiger partial charge in [0, 0.05) is 50.3 Å². The highest BCUT2D eigenvalue weighted by atomic mass is 16.5. The maximum Gasteiger partial charge on any atom is 0.254 e. The van der Waals surface area contributed by atoms with Crippen LogP contribution in [0.2, 0.25) is 0 Å². The van der Waals surface area contributed by atoms with Crippen LogP contribution in [0.4, 0.5) is 5.82 Å². The Kier molecular flexibility index (Phi) is 7.60. The second-order valence-electron chi connectivity index (χ2n) is 8.78. The van der Waals surface area contributed by atoms with Gasteiger partial charge in [0.25, 0.3) is 5.91 Å². The molecule has 8 heteroatoms. The van der Waals surface area contributed by atoms with E-state index in [4.69, 9.17) is 23.9 Å². The van der Waals surface area contributed by atoms with E-state index in [-0.39, 0.29) is 12.0 Å². The minimum Gasteiger partial charge on any atom is -0.497 e. The average Bonchev–Trinajstić information content (AvgIpc) is 3.39. The summed E-state index contributed by atoms with van der Waals surface area (Å²) in [6.07, 6.45) is 1.95. The number of anilines is 1. The summed E-state index contributed by atoms with van der Waals surface area (Å²) in [7, 11) is 8.75. The first kappa shape index (κ1) is 24.6. The van der Waals surface area contributed by atoms with E-state index in [1.165, 1.54) is 0 Å². The molecule has 0 saturated carbocycles. The summed E-state index contributed by atoms with van der Waals surface area (Å²) in [5, 5.41) is 0.832. The lowest BCUT2D eigenvalue weighted by Gasteiger charge is -2.28. The van der Waals surface area contributed by atoms with Crippen molar-refractivity contribution in [1.29, 1.82) is 0 Å². The van der Waals surface area contributed by atoms with E-state index in [0.29, 0.717) is 41.4 Å². The number of fused-ring (bicyclic) bond motifs is 1. The predicted octanol–water partition coefficient (Wildman–Crippen LogP) is 4.15. The Labute approximate surface area is 206 Å². The Morgan fingerprint density at radius 1 is 1.06 bits per heavy atom. The van der Waals surface area contributed by atoms with Crippen LogP contribution in [-0.4, -0.2) is 70.5 Å². The van der Waals surface area contributed by atoms with E-state index in [1.54, 1.807) is 27.4 Å². The molecule has 0 spiro atoms. The molecule has 0 bridgehead atoms. The Morgan fingerprint density at radius 3 is 2.49 bits per heavy atom. The molecule has 8 nitrogen and oxygen atoms in total. The van der Waals surface area contributed by atoms with Gasteiger partial charge in [0.2, 0.25) is 0 Å². The number of methoxy groups -OCH3 is 3. The van der Waals surface area contributed by atoms with E-state index < -0.39 is 0 Å². The van der Waals surface area contributed by atoms with Crippen LogP contribution >= 0.6 is 0 Å². The maximum atomic E-state index is 13.7. The van der Waals surface area contributed by atoms with Gasteiger partial charge in [-0.15, -0.1) is 0 Å². The number of pyridine rings is 1. The number of aromatic nitrogens is 1. The molecule has 35 heavy (non-hydrogen) atoms. The molecule has 1 unspecified atom stereocenters. The number of ether oxygens (including phenoxy) is 4. The van der Waals surface area contributed by atoms with Crippen LogP contribution < -0.4 is 19.1 Å². The third-order valence-corrected chi connectivity index (χ3v) is 6.24. The monoisotopic (exact) mass is 479 g/mol. The molecular formula is C27H33N3O5. The van der Waals surface area contributed by atoms with Crippen molar-refractivity contribution in [2.24, 2.45) is 0 Å². The fourth-order valence-corrected chi connectivity index (χ4v) is 4.48. The first-order valence-electron chi connectivity index (χ1n) is 11.7. The highest BCUT2D eigenvalue weighted by Gasteiger charge is 2.26. The SMILES string of the molecule is COc1cccc(C(=O)N(Cc2cc3c(OC)ccc(OC)c3nc2N(C)C)CC2CCCO2)c1. The van der Waals surface area contributed by atoms with Crippen molar-refractivity contribution >= 4 is 22.6 Å². The van der Waals surface area contributed by atoms with Crippen molar-refractivity contribution in [1.82, 2.24) is 9.88 Å². The van der Waals surface area contributed by atoms with E-state index in [2.05, 4.69) is 0 Å². The summed E-state index contributed by atoms with van der Waals surface area (Å²) in [5.41, 5.74) is 2.19. The molecule has 1 aromatic heterocycles. The predicted molar refractivity (Wildman–Crippen MR) is 136 cm³/mol. The van der Waals surface area contributed by atoms with Crippen LogP contribution in [0.15, 0.2) is 42.5 Å². The van der Waals surface area contributed by atoms with Gasteiger partial charge in [-0.1, -0.05) is 6.07 Å². The number of hydrogen-bond donors (Lipinski definition) is 0. The van der Waals surface area contributed by atoms with E-state index in [9.17, 15) is 4.79 Å². The normalized spacial score (nSPS) is 15.2. The third-order valence-electron chi connectivity index (χ3n) is 6.24. The summed E-state index contributed by atoms with van der Waals surface area (Å²) < 4.78 is 22.4. The lowest BCUT2D eigenvalue weighted by molar-refractivity contribution is 0.0507. The Morgan fingerprint density at radius 2 is 1.83 bits per heavy atom. The first-order chi connectivity index (χ1) is 16.9. The standard InChI is InChI=1S/C27H33N3O5/c1-29(2)26-19(15-22-23(33-4)11-12-24(34-5)25(22)28-26)16-30(17-21-10-7-13-35-21)27(31)18-8-6-9-20(14-18)32-3/h6,8-9,11-12,14-15,21H,7,10,13,16-17H2,1-5H3. The molecule has 0 N–H and O–H groups in total. The molecule has 2 aromatic carbocycles. The van der Waals surface area contributed by atoms with Crippen molar-refractivity contribution in [3.63, 3.8) is 0 Å². The lowest BCUT2D eigenvalue weighted by atomic mass is 10.1. The average molecular weight is 480 g/mol. The van der Waals surface area contributed by atoms with Crippen LogP contribution in [0.1, 0.15) is 28.8 Å². The molecule has 4 rings (SSSR count). The number of benzene rings is 2. The quantitative estimate of drug-likeness (QED) is 0.457. The van der Waals surface area contributed by atoms with Gasteiger partial charge in [0.05, 0.1) is 27.4 Å². The highest BCUT2D eigenvalue weighted by molar-refractivity contribution is 5.95. The highest BCUT2D eigenvalue weighted by Crippen LogP contribution is 2.35. The summed E-state index contributed by atoms with van der Waals surface area (Å²) in [6, 6.07) is 13.0. The fourth-order valence-electron chi connectivity index (χ4n) is 4.48. The number of amides is 1. The fraction of sp³-hybridized carbons (Fsp3) is 0.407. The molecular weight excluding hydrogens is 446 g/mol. The van der Waals surface area contributed by atoms with Crippen molar-refractivity contribution in [2.45, 2.75) is 25.5 Å². The number of rotatable bonds is 9. The molecule has 2 heterocycles. The van der Waals surface area contributed by atoms with Gasteiger partial charge in [-0.2, -0.15) is 0 Å². The van der Waals surface area contributed by atoms with Crippen molar-refractivity contribution in [3.05, 3.63) is 53.6 Å².